The number of hydrogen-bond donors (Lipinski definition) is 2. The Morgan fingerprint density at radius 2 is 1.87 bits per heavy atom. The zero-order valence-electron chi connectivity index (χ0n) is 25.8. The number of rotatable bonds is 11. The first-order chi connectivity index (χ1) is 21.9. The van der Waals surface area contributed by atoms with Crippen molar-refractivity contribution in [1.82, 2.24) is 9.88 Å². The minimum Gasteiger partial charge on any atom is -0.492 e. The number of hydrogen-bond acceptors (Lipinski definition) is 7. The van der Waals surface area contributed by atoms with Crippen molar-refractivity contribution in [2.45, 2.75) is 58.7 Å². The Bertz CT molecular complexity index is 1710. The Hall–Kier alpha value is -4.58. The van der Waals surface area contributed by atoms with E-state index in [4.69, 9.17) is 21.1 Å². The topological polar surface area (TPSA) is 99.5 Å². The fourth-order valence-corrected chi connectivity index (χ4v) is 5.91. The van der Waals surface area contributed by atoms with Gasteiger partial charge in [0.2, 0.25) is 5.91 Å². The van der Waals surface area contributed by atoms with Crippen molar-refractivity contribution < 1.29 is 14.3 Å². The summed E-state index contributed by atoms with van der Waals surface area (Å²) in [5.74, 6) is 0.787. The lowest BCUT2D eigenvalue weighted by Crippen LogP contribution is -2.43. The second kappa shape index (κ2) is 14.9. The van der Waals surface area contributed by atoms with Gasteiger partial charge in [-0.3, -0.25) is 14.7 Å². The lowest BCUT2D eigenvalue weighted by Gasteiger charge is -2.38. The average Bonchev–Trinajstić information content (AvgIpc) is 3.03. The van der Waals surface area contributed by atoms with Crippen molar-refractivity contribution in [3.05, 3.63) is 95.2 Å². The molecule has 1 aromatic heterocycles. The van der Waals surface area contributed by atoms with Gasteiger partial charge in [-0.1, -0.05) is 54.4 Å². The molecule has 1 fully saturated rings. The fraction of sp³-hybridized carbons (Fsp3) is 0.306. The predicted molar refractivity (Wildman–Crippen MR) is 180 cm³/mol. The highest BCUT2D eigenvalue weighted by molar-refractivity contribution is 6.32. The van der Waals surface area contributed by atoms with Gasteiger partial charge < -0.3 is 20.1 Å². The Balaban J connectivity index is 1.38. The molecule has 1 saturated heterocycles. The van der Waals surface area contributed by atoms with Crippen molar-refractivity contribution >= 4 is 45.5 Å². The maximum Gasteiger partial charge on any atom is 0.248 e. The lowest BCUT2D eigenvalue weighted by atomic mass is 9.98. The van der Waals surface area contributed by atoms with E-state index in [0.29, 0.717) is 81.9 Å². The summed E-state index contributed by atoms with van der Waals surface area (Å²) in [7, 11) is 0. The number of nitriles is 1. The Morgan fingerprint density at radius 3 is 2.58 bits per heavy atom. The highest BCUT2D eigenvalue weighted by Gasteiger charge is 2.23. The number of halogens is 1. The zero-order chi connectivity index (χ0) is 31.8. The maximum atomic E-state index is 13.0. The van der Waals surface area contributed by atoms with Gasteiger partial charge in [-0.05, 0) is 63.4 Å². The highest BCUT2D eigenvalue weighted by Crippen LogP contribution is 2.37. The number of likely N-dealkylation sites (tertiary alicyclic amines) is 1. The number of ether oxygens (including phenoxy) is 2. The summed E-state index contributed by atoms with van der Waals surface area (Å²) >= 11 is 6.58. The van der Waals surface area contributed by atoms with Gasteiger partial charge in [-0.15, -0.1) is 0 Å². The van der Waals surface area contributed by atoms with E-state index in [9.17, 15) is 10.1 Å². The smallest absolute Gasteiger partial charge is 0.248 e. The van der Waals surface area contributed by atoms with Crippen LogP contribution in [0.4, 0.5) is 17.1 Å². The molecule has 2 N–H and O–H groups in total. The summed E-state index contributed by atoms with van der Waals surface area (Å²) in [5.41, 5.74) is 3.68. The maximum absolute atomic E-state index is 13.0. The van der Waals surface area contributed by atoms with Gasteiger partial charge in [-0.25, -0.2) is 0 Å². The van der Waals surface area contributed by atoms with Crippen LogP contribution in [0.25, 0.3) is 10.9 Å². The minimum atomic E-state index is -0.260. The Morgan fingerprint density at radius 1 is 1.09 bits per heavy atom. The summed E-state index contributed by atoms with van der Waals surface area (Å²) in [5, 5.41) is 17.3. The first kappa shape index (κ1) is 31.8. The van der Waals surface area contributed by atoms with E-state index in [-0.39, 0.29) is 5.91 Å². The third-order valence-electron chi connectivity index (χ3n) is 8.05. The lowest BCUT2D eigenvalue weighted by molar-refractivity contribution is -0.111. The first-order valence-electron chi connectivity index (χ1n) is 15.3. The summed E-state index contributed by atoms with van der Waals surface area (Å²) in [6.07, 6.45) is 8.59. The third kappa shape index (κ3) is 7.93. The molecule has 0 saturated carbocycles. The first-order valence-corrected chi connectivity index (χ1v) is 15.7. The third-order valence-corrected chi connectivity index (χ3v) is 8.34. The van der Waals surface area contributed by atoms with Crippen molar-refractivity contribution in [1.29, 1.82) is 5.26 Å². The van der Waals surface area contributed by atoms with Crippen LogP contribution in [0.2, 0.25) is 5.02 Å². The zero-order valence-corrected chi connectivity index (χ0v) is 26.6. The highest BCUT2D eigenvalue weighted by atomic mass is 35.5. The Kier molecular flexibility index (Phi) is 10.6. The molecule has 45 heavy (non-hydrogen) atoms. The van der Waals surface area contributed by atoms with Crippen LogP contribution in [-0.2, 0) is 11.4 Å². The van der Waals surface area contributed by atoms with Gasteiger partial charge in [0.05, 0.1) is 34.1 Å². The number of fused-ring (bicyclic) bond motifs is 1. The van der Waals surface area contributed by atoms with Crippen LogP contribution in [0.5, 0.6) is 11.5 Å². The summed E-state index contributed by atoms with van der Waals surface area (Å²) in [6, 6.07) is 22.0. The number of carbonyl (C=O) groups excluding carboxylic acids is 1. The molecule has 232 valence electrons. The minimum absolute atomic E-state index is 0.260. The number of aromatic nitrogens is 1. The number of amides is 1. The molecular formula is C36H38ClN5O3. The average molecular weight is 624 g/mol. The van der Waals surface area contributed by atoms with Gasteiger partial charge in [0.1, 0.15) is 24.2 Å². The summed E-state index contributed by atoms with van der Waals surface area (Å²) in [4.78, 5) is 20.0. The van der Waals surface area contributed by atoms with Crippen molar-refractivity contribution in [3.8, 4) is 17.6 Å². The molecule has 2 atom stereocenters. The van der Waals surface area contributed by atoms with Crippen LogP contribution in [0.15, 0.2) is 79.0 Å². The molecule has 5 rings (SSSR count). The molecule has 0 bridgehead atoms. The second-order valence-corrected chi connectivity index (χ2v) is 11.6. The number of piperidine rings is 1. The predicted octanol–water partition coefficient (Wildman–Crippen LogP) is 8.24. The molecule has 9 heteroatoms. The molecule has 0 spiro atoms. The van der Waals surface area contributed by atoms with E-state index >= 15 is 0 Å². The van der Waals surface area contributed by atoms with Crippen LogP contribution < -0.4 is 20.1 Å². The molecule has 1 aliphatic heterocycles. The summed E-state index contributed by atoms with van der Waals surface area (Å²) < 4.78 is 11.8. The van der Waals surface area contributed by atoms with Crippen LogP contribution in [0.1, 0.15) is 51.2 Å². The fourth-order valence-electron chi connectivity index (χ4n) is 5.68. The SMILES string of the molecule is CCOc1cc2ncc(C#N)c(Nc3ccc(OCc4ccccc4)c(Cl)c3)c2cc1NC(=O)/C=C/CN1[C@H](C)CCC[C@@H]1C. The second-order valence-electron chi connectivity index (χ2n) is 11.2. The van der Waals surface area contributed by atoms with Crippen molar-refractivity contribution in [2.24, 2.45) is 0 Å². The molecule has 0 radical (unpaired) electrons. The molecule has 3 aromatic carbocycles. The van der Waals surface area contributed by atoms with E-state index in [0.717, 1.165) is 5.56 Å². The van der Waals surface area contributed by atoms with Gasteiger partial charge in [-0.2, -0.15) is 5.26 Å². The van der Waals surface area contributed by atoms with Gasteiger partial charge >= 0.3 is 0 Å². The molecule has 4 aromatic rings. The van der Waals surface area contributed by atoms with E-state index in [2.05, 4.69) is 40.4 Å². The number of benzene rings is 3. The van der Waals surface area contributed by atoms with E-state index in [1.165, 1.54) is 25.5 Å². The number of carbonyl (C=O) groups is 1. The number of anilines is 3. The molecule has 2 heterocycles. The van der Waals surface area contributed by atoms with E-state index in [1.807, 2.05) is 49.4 Å². The number of nitrogens with one attached hydrogen (secondary N) is 2. The van der Waals surface area contributed by atoms with E-state index < -0.39 is 0 Å². The van der Waals surface area contributed by atoms with Gasteiger partial charge in [0.25, 0.3) is 0 Å². The molecule has 0 unspecified atom stereocenters. The number of pyridine rings is 1. The molecule has 8 nitrogen and oxygen atoms in total. The van der Waals surface area contributed by atoms with Crippen molar-refractivity contribution in [2.75, 3.05) is 23.8 Å². The summed E-state index contributed by atoms with van der Waals surface area (Å²) in [6.45, 7) is 7.88. The molecular weight excluding hydrogens is 586 g/mol. The number of nitrogens with zero attached hydrogens (tertiary/aromatic N) is 3. The monoisotopic (exact) mass is 623 g/mol. The Labute approximate surface area is 269 Å². The van der Waals surface area contributed by atoms with Gasteiger partial charge in [0, 0.05) is 48.0 Å². The largest absolute Gasteiger partial charge is 0.492 e. The molecule has 0 aliphatic carbocycles. The molecule has 1 amide bonds. The van der Waals surface area contributed by atoms with Crippen LogP contribution >= 0.6 is 11.6 Å². The van der Waals surface area contributed by atoms with Crippen LogP contribution in [-0.4, -0.2) is 41.0 Å². The quantitative estimate of drug-likeness (QED) is 0.162. The molecule has 1 aliphatic rings. The van der Waals surface area contributed by atoms with Crippen LogP contribution in [0, 0.1) is 11.3 Å². The van der Waals surface area contributed by atoms with Gasteiger partial charge in [0.15, 0.2) is 0 Å². The normalized spacial score (nSPS) is 16.8. The van der Waals surface area contributed by atoms with Crippen LogP contribution in [0.3, 0.4) is 0 Å². The van der Waals surface area contributed by atoms with E-state index in [1.54, 1.807) is 30.3 Å². The standard InChI is InChI=1S/C36H38ClN5O3/c1-4-44-34-20-31-29(19-32(34)41-35(43)14-9-17-42-24(2)10-8-11-25(42)3)36(27(21-38)22-39-31)40-28-15-16-33(30(37)18-28)45-23-26-12-6-5-7-13-26/h5-7,9,12-16,18-20,22,24-25H,4,8,10-11,17,23H2,1-3H3,(H,39,40)(H,41,43)/b14-9+/t24-,25+. The van der Waals surface area contributed by atoms with Crippen molar-refractivity contribution in [3.63, 3.8) is 0 Å².